The summed E-state index contributed by atoms with van der Waals surface area (Å²) in [7, 11) is -3.76. The number of ether oxygens (including phenoxy) is 1. The zero-order valence-corrected chi connectivity index (χ0v) is 14.8. The van der Waals surface area contributed by atoms with Crippen LogP contribution >= 0.6 is 0 Å². The van der Waals surface area contributed by atoms with E-state index in [-0.39, 0.29) is 28.6 Å². The molecule has 0 atom stereocenters. The Morgan fingerprint density at radius 3 is 2.56 bits per heavy atom. The van der Waals surface area contributed by atoms with Gasteiger partial charge in [-0.2, -0.15) is 5.26 Å². The van der Waals surface area contributed by atoms with Gasteiger partial charge in [-0.05, 0) is 29.8 Å². The maximum Gasteiger partial charge on any atom is 0.264 e. The van der Waals surface area contributed by atoms with E-state index in [9.17, 15) is 12.8 Å². The Balaban J connectivity index is 1.73. The van der Waals surface area contributed by atoms with E-state index in [1.165, 1.54) is 12.1 Å². The van der Waals surface area contributed by atoms with E-state index in [2.05, 4.69) is 0 Å². The van der Waals surface area contributed by atoms with Gasteiger partial charge >= 0.3 is 0 Å². The largest absolute Gasteiger partial charge is 0.456 e. The minimum Gasteiger partial charge on any atom is -0.456 e. The second kappa shape index (κ2) is 6.41. The van der Waals surface area contributed by atoms with Crippen LogP contribution in [-0.2, 0) is 16.6 Å². The number of nitrogens with zero attached hydrogens (tertiary/aromatic N) is 2. The quantitative estimate of drug-likeness (QED) is 0.683. The molecule has 4 rings (SSSR count). The van der Waals surface area contributed by atoms with Crippen LogP contribution in [0, 0.1) is 17.1 Å². The average Bonchev–Trinajstić information content (AvgIpc) is 2.93. The Bertz CT molecular complexity index is 1190. The molecule has 27 heavy (non-hydrogen) atoms. The SMILES string of the molecule is N#Cc1ccccc1Oc1cc(F)cc(N2Cc3ccccc3S2(=O)=O)c1. The third-order valence-corrected chi connectivity index (χ3v) is 6.11. The summed E-state index contributed by atoms with van der Waals surface area (Å²) in [4.78, 5) is 0.214. The Hall–Kier alpha value is -3.37. The second-order valence-electron chi connectivity index (χ2n) is 5.97. The van der Waals surface area contributed by atoms with Crippen LogP contribution in [-0.4, -0.2) is 8.42 Å². The standard InChI is InChI=1S/C20H13FN2O3S/c21-16-9-17(23-13-15-6-2-4-8-20(15)27(23,24)25)11-18(10-16)26-19-7-3-1-5-14(19)12-22/h1-11H,13H2. The number of fused-ring (bicyclic) bond motifs is 1. The van der Waals surface area contributed by atoms with Crippen molar-refractivity contribution >= 4 is 15.7 Å². The van der Waals surface area contributed by atoms with E-state index in [0.717, 1.165) is 16.4 Å². The minimum atomic E-state index is -3.76. The van der Waals surface area contributed by atoms with Gasteiger partial charge in [0.25, 0.3) is 10.0 Å². The number of hydrogen-bond acceptors (Lipinski definition) is 4. The first-order valence-corrected chi connectivity index (χ1v) is 9.51. The Morgan fingerprint density at radius 2 is 1.78 bits per heavy atom. The van der Waals surface area contributed by atoms with Gasteiger partial charge in [-0.15, -0.1) is 0 Å². The molecule has 0 saturated heterocycles. The molecule has 134 valence electrons. The molecule has 1 heterocycles. The number of halogens is 1. The van der Waals surface area contributed by atoms with Gasteiger partial charge in [-0.1, -0.05) is 30.3 Å². The molecule has 0 N–H and O–H groups in total. The molecule has 5 nitrogen and oxygen atoms in total. The van der Waals surface area contributed by atoms with Crippen molar-refractivity contribution in [1.29, 1.82) is 5.26 Å². The van der Waals surface area contributed by atoms with E-state index in [1.54, 1.807) is 42.5 Å². The summed E-state index contributed by atoms with van der Waals surface area (Å²) in [6.07, 6.45) is 0. The molecule has 0 aromatic heterocycles. The zero-order valence-electron chi connectivity index (χ0n) is 14.0. The van der Waals surface area contributed by atoms with E-state index < -0.39 is 15.8 Å². The van der Waals surface area contributed by atoms with Gasteiger partial charge in [0.05, 0.1) is 22.7 Å². The van der Waals surface area contributed by atoms with E-state index in [0.29, 0.717) is 11.1 Å². The van der Waals surface area contributed by atoms with Crippen LogP contribution in [0.5, 0.6) is 11.5 Å². The minimum absolute atomic E-state index is 0.110. The number of benzene rings is 3. The van der Waals surface area contributed by atoms with Crippen molar-refractivity contribution in [3.05, 3.63) is 83.7 Å². The van der Waals surface area contributed by atoms with Gasteiger partial charge in [0.1, 0.15) is 23.4 Å². The molecule has 0 saturated carbocycles. The van der Waals surface area contributed by atoms with Crippen molar-refractivity contribution in [2.75, 3.05) is 4.31 Å². The fourth-order valence-corrected chi connectivity index (χ4v) is 4.64. The maximum atomic E-state index is 14.2. The van der Waals surface area contributed by atoms with Crippen molar-refractivity contribution in [3.63, 3.8) is 0 Å². The summed E-state index contributed by atoms with van der Waals surface area (Å²) in [5, 5.41) is 9.16. The maximum absolute atomic E-state index is 14.2. The fraction of sp³-hybridized carbons (Fsp3) is 0.0500. The van der Waals surface area contributed by atoms with Crippen LogP contribution in [0.3, 0.4) is 0 Å². The van der Waals surface area contributed by atoms with Crippen molar-refractivity contribution in [2.24, 2.45) is 0 Å². The highest BCUT2D eigenvalue weighted by Gasteiger charge is 2.34. The summed E-state index contributed by atoms with van der Waals surface area (Å²) < 4.78 is 46.5. The molecular formula is C20H13FN2O3S. The van der Waals surface area contributed by atoms with Crippen LogP contribution < -0.4 is 9.04 Å². The molecule has 0 amide bonds. The van der Waals surface area contributed by atoms with Gasteiger partial charge < -0.3 is 4.74 Å². The molecule has 0 spiro atoms. The molecule has 0 fully saturated rings. The predicted molar refractivity (Wildman–Crippen MR) is 97.4 cm³/mol. The number of rotatable bonds is 3. The lowest BCUT2D eigenvalue weighted by atomic mass is 10.2. The summed E-state index contributed by atoms with van der Waals surface area (Å²) in [5.74, 6) is -0.258. The molecular weight excluding hydrogens is 367 g/mol. The van der Waals surface area contributed by atoms with Crippen LogP contribution in [0.25, 0.3) is 0 Å². The molecule has 0 unspecified atom stereocenters. The Labute approximate surface area is 155 Å². The first-order valence-electron chi connectivity index (χ1n) is 8.07. The third kappa shape index (κ3) is 3.00. The van der Waals surface area contributed by atoms with Crippen LogP contribution in [0.2, 0.25) is 0 Å². The van der Waals surface area contributed by atoms with Crippen LogP contribution in [0.15, 0.2) is 71.6 Å². The average molecular weight is 380 g/mol. The Kier molecular flexibility index (Phi) is 4.05. The molecule has 7 heteroatoms. The van der Waals surface area contributed by atoms with E-state index >= 15 is 0 Å². The topological polar surface area (TPSA) is 70.4 Å². The van der Waals surface area contributed by atoms with Gasteiger partial charge in [0.2, 0.25) is 0 Å². The molecule has 0 aliphatic carbocycles. The lowest BCUT2D eigenvalue weighted by molar-refractivity contribution is 0.475. The van der Waals surface area contributed by atoms with Crippen molar-refractivity contribution in [3.8, 4) is 17.6 Å². The number of hydrogen-bond donors (Lipinski definition) is 0. The highest BCUT2D eigenvalue weighted by Crippen LogP contribution is 2.37. The lowest BCUT2D eigenvalue weighted by Gasteiger charge is -2.18. The number of sulfonamides is 1. The first-order chi connectivity index (χ1) is 13.0. The van der Waals surface area contributed by atoms with E-state index in [1.807, 2.05) is 6.07 Å². The number of nitriles is 1. The molecule has 1 aliphatic rings. The molecule has 0 bridgehead atoms. The van der Waals surface area contributed by atoms with Gasteiger partial charge in [0, 0.05) is 12.1 Å². The van der Waals surface area contributed by atoms with Gasteiger partial charge in [0.15, 0.2) is 0 Å². The van der Waals surface area contributed by atoms with Crippen molar-refractivity contribution < 1.29 is 17.5 Å². The number of para-hydroxylation sites is 1. The Morgan fingerprint density at radius 1 is 1.04 bits per heavy atom. The van der Waals surface area contributed by atoms with Crippen molar-refractivity contribution in [1.82, 2.24) is 0 Å². The summed E-state index contributed by atoms with van der Waals surface area (Å²) in [5.41, 5.74) is 1.11. The zero-order chi connectivity index (χ0) is 19.0. The summed E-state index contributed by atoms with van der Waals surface area (Å²) >= 11 is 0. The third-order valence-electron chi connectivity index (χ3n) is 4.23. The highest BCUT2D eigenvalue weighted by molar-refractivity contribution is 7.93. The lowest BCUT2D eigenvalue weighted by Crippen LogP contribution is -2.23. The predicted octanol–water partition coefficient (Wildman–Crippen LogP) is 4.20. The fourth-order valence-electron chi connectivity index (χ4n) is 3.00. The van der Waals surface area contributed by atoms with Gasteiger partial charge in [-0.25, -0.2) is 12.8 Å². The molecule has 0 radical (unpaired) electrons. The van der Waals surface area contributed by atoms with Crippen molar-refractivity contribution in [2.45, 2.75) is 11.4 Å². The van der Waals surface area contributed by atoms with E-state index in [4.69, 9.17) is 10.00 Å². The molecule has 1 aliphatic heterocycles. The summed E-state index contributed by atoms with van der Waals surface area (Å²) in [6.45, 7) is 0.121. The number of anilines is 1. The molecule has 3 aromatic rings. The normalized spacial score (nSPS) is 14.4. The van der Waals surface area contributed by atoms with Crippen LogP contribution in [0.1, 0.15) is 11.1 Å². The monoisotopic (exact) mass is 380 g/mol. The summed E-state index contributed by atoms with van der Waals surface area (Å²) in [6, 6.07) is 19.0. The molecule has 3 aromatic carbocycles. The highest BCUT2D eigenvalue weighted by atomic mass is 32.2. The second-order valence-corrected chi connectivity index (χ2v) is 7.81. The first kappa shape index (κ1) is 17.1. The van der Waals surface area contributed by atoms with Crippen LogP contribution in [0.4, 0.5) is 10.1 Å². The van der Waals surface area contributed by atoms with Gasteiger partial charge in [-0.3, -0.25) is 4.31 Å². The smallest absolute Gasteiger partial charge is 0.264 e.